The zero-order valence-corrected chi connectivity index (χ0v) is 13.2. The van der Waals surface area contributed by atoms with Gasteiger partial charge in [0.2, 0.25) is 5.91 Å². The van der Waals surface area contributed by atoms with E-state index in [4.69, 9.17) is 5.11 Å². The van der Waals surface area contributed by atoms with Crippen molar-refractivity contribution < 1.29 is 14.3 Å². The minimum Gasteiger partial charge on any atom is -0.395 e. The number of para-hydroxylation sites is 1. The number of amides is 1. The van der Waals surface area contributed by atoms with Crippen LogP contribution in [0, 0.1) is 5.82 Å². The molecule has 8 heteroatoms. The van der Waals surface area contributed by atoms with Crippen LogP contribution >= 0.6 is 0 Å². The Bertz CT molecular complexity index is 755. The van der Waals surface area contributed by atoms with Gasteiger partial charge in [-0.05, 0) is 12.1 Å². The number of nitrogens with zero attached hydrogens (tertiary/aromatic N) is 4. The number of halogens is 1. The fraction of sp³-hybridized carbons (Fsp3) is 0.312. The van der Waals surface area contributed by atoms with Crippen LogP contribution in [0.15, 0.2) is 30.6 Å². The Balaban J connectivity index is 2.05. The van der Waals surface area contributed by atoms with Gasteiger partial charge in [-0.1, -0.05) is 12.1 Å². The van der Waals surface area contributed by atoms with Crippen LogP contribution in [0.5, 0.6) is 0 Å². The summed E-state index contributed by atoms with van der Waals surface area (Å²) >= 11 is 0. The maximum Gasteiger partial charge on any atom is 0.246 e. The quantitative estimate of drug-likeness (QED) is 0.870. The number of anilines is 3. The molecule has 0 aliphatic carbocycles. The molecule has 24 heavy (non-hydrogen) atoms. The molecule has 0 saturated carbocycles. The molecular weight excluding hydrogens is 313 g/mol. The Labute approximate surface area is 138 Å². The van der Waals surface area contributed by atoms with Gasteiger partial charge in [0.15, 0.2) is 0 Å². The number of fused-ring (bicyclic) bond motifs is 1. The lowest BCUT2D eigenvalue weighted by atomic mass is 10.2. The number of rotatable bonds is 4. The molecule has 0 radical (unpaired) electrons. The molecule has 1 aromatic carbocycles. The molecule has 2 N–H and O–H groups in total. The van der Waals surface area contributed by atoms with Gasteiger partial charge < -0.3 is 20.2 Å². The number of hydrogen-bond donors (Lipinski definition) is 2. The van der Waals surface area contributed by atoms with Crippen LogP contribution in [0.1, 0.15) is 5.56 Å². The maximum absolute atomic E-state index is 14.2. The highest BCUT2D eigenvalue weighted by molar-refractivity contribution is 5.98. The van der Waals surface area contributed by atoms with Crippen molar-refractivity contribution in [3.05, 3.63) is 42.0 Å². The average molecular weight is 331 g/mol. The number of carbonyl (C=O) groups is 1. The summed E-state index contributed by atoms with van der Waals surface area (Å²) in [4.78, 5) is 24.1. The molecule has 0 fully saturated rings. The molecule has 1 amide bonds. The van der Waals surface area contributed by atoms with Gasteiger partial charge in [-0.2, -0.15) is 0 Å². The van der Waals surface area contributed by atoms with Crippen LogP contribution in [0.4, 0.5) is 21.7 Å². The van der Waals surface area contributed by atoms with Crippen molar-refractivity contribution in [2.24, 2.45) is 0 Å². The number of hydrogen-bond acceptors (Lipinski definition) is 6. The van der Waals surface area contributed by atoms with Crippen LogP contribution in [-0.2, 0) is 11.3 Å². The van der Waals surface area contributed by atoms with Crippen molar-refractivity contribution in [1.29, 1.82) is 0 Å². The second kappa shape index (κ2) is 6.79. The van der Waals surface area contributed by atoms with Crippen molar-refractivity contribution in [3.63, 3.8) is 0 Å². The number of aliphatic hydroxyl groups excluding tert-OH is 1. The first-order valence-corrected chi connectivity index (χ1v) is 7.56. The van der Waals surface area contributed by atoms with Crippen LogP contribution in [0.3, 0.4) is 0 Å². The molecule has 0 atom stereocenters. The normalized spacial score (nSPS) is 14.4. The maximum atomic E-state index is 14.2. The first-order chi connectivity index (χ1) is 11.6. The predicted molar refractivity (Wildman–Crippen MR) is 88.5 cm³/mol. The predicted octanol–water partition coefficient (Wildman–Crippen LogP) is 1.00. The van der Waals surface area contributed by atoms with E-state index >= 15 is 0 Å². The Kier molecular flexibility index (Phi) is 4.57. The lowest BCUT2D eigenvalue weighted by molar-refractivity contribution is -0.117. The van der Waals surface area contributed by atoms with E-state index in [-0.39, 0.29) is 31.3 Å². The third-order valence-corrected chi connectivity index (χ3v) is 3.82. The summed E-state index contributed by atoms with van der Waals surface area (Å²) in [6.07, 6.45) is 1.40. The molecule has 3 rings (SSSR count). The monoisotopic (exact) mass is 331 g/mol. The van der Waals surface area contributed by atoms with Crippen LogP contribution in [-0.4, -0.2) is 47.7 Å². The Hall–Kier alpha value is -2.74. The van der Waals surface area contributed by atoms with E-state index in [1.54, 1.807) is 30.1 Å². The summed E-state index contributed by atoms with van der Waals surface area (Å²) in [5.74, 6) is 0.446. The van der Waals surface area contributed by atoms with E-state index < -0.39 is 5.82 Å². The Morgan fingerprint density at radius 1 is 1.29 bits per heavy atom. The summed E-state index contributed by atoms with van der Waals surface area (Å²) < 4.78 is 14.2. The summed E-state index contributed by atoms with van der Waals surface area (Å²) in [7, 11) is 1.75. The zero-order valence-electron chi connectivity index (χ0n) is 13.2. The lowest BCUT2D eigenvalue weighted by Gasteiger charge is -2.22. The Morgan fingerprint density at radius 2 is 2.08 bits per heavy atom. The van der Waals surface area contributed by atoms with E-state index in [1.165, 1.54) is 17.3 Å². The highest BCUT2D eigenvalue weighted by atomic mass is 19.1. The first-order valence-electron chi connectivity index (χ1n) is 7.56. The average Bonchev–Trinajstić information content (AvgIpc) is 2.70. The molecule has 7 nitrogen and oxygen atoms in total. The number of carbonyl (C=O) groups excluding carboxylic acids is 1. The van der Waals surface area contributed by atoms with Gasteiger partial charge in [0.1, 0.15) is 23.8 Å². The fourth-order valence-electron chi connectivity index (χ4n) is 2.70. The first kappa shape index (κ1) is 16.1. The van der Waals surface area contributed by atoms with Gasteiger partial charge in [0.25, 0.3) is 0 Å². The van der Waals surface area contributed by atoms with Crippen molar-refractivity contribution in [3.8, 4) is 0 Å². The highest BCUT2D eigenvalue weighted by Crippen LogP contribution is 2.30. The summed E-state index contributed by atoms with van der Waals surface area (Å²) in [6.45, 7) is 0.497. The molecule has 2 heterocycles. The van der Waals surface area contributed by atoms with Crippen molar-refractivity contribution in [2.45, 2.75) is 6.54 Å². The highest BCUT2D eigenvalue weighted by Gasteiger charge is 2.29. The second-order valence-corrected chi connectivity index (χ2v) is 5.46. The fourth-order valence-corrected chi connectivity index (χ4v) is 2.70. The van der Waals surface area contributed by atoms with Crippen LogP contribution < -0.4 is 15.1 Å². The molecular formula is C16H18FN5O2. The molecule has 1 aliphatic rings. The van der Waals surface area contributed by atoms with E-state index in [2.05, 4.69) is 15.3 Å². The number of nitrogens with one attached hydrogen (secondary N) is 1. The van der Waals surface area contributed by atoms with Gasteiger partial charge in [0, 0.05) is 13.6 Å². The Morgan fingerprint density at radius 3 is 2.83 bits per heavy atom. The second-order valence-electron chi connectivity index (χ2n) is 5.46. The van der Waals surface area contributed by atoms with E-state index in [0.717, 1.165) is 0 Å². The molecule has 0 unspecified atom stereocenters. The third-order valence-electron chi connectivity index (χ3n) is 3.82. The SMILES string of the molecule is CN1CC(=O)N(c2ccccc2F)Cc2c(NCCO)ncnc21. The van der Waals surface area contributed by atoms with Gasteiger partial charge in [-0.3, -0.25) is 4.79 Å². The number of likely N-dealkylation sites (N-methyl/N-ethyl adjacent to an activating group) is 1. The van der Waals surface area contributed by atoms with Crippen molar-refractivity contribution in [2.75, 3.05) is 41.9 Å². The zero-order chi connectivity index (χ0) is 17.1. The van der Waals surface area contributed by atoms with E-state index in [0.29, 0.717) is 23.7 Å². The molecule has 0 spiro atoms. The summed E-state index contributed by atoms with van der Waals surface area (Å²) in [5, 5.41) is 12.0. The summed E-state index contributed by atoms with van der Waals surface area (Å²) in [5.41, 5.74) is 0.906. The molecule has 2 aromatic rings. The molecule has 1 aromatic heterocycles. The topological polar surface area (TPSA) is 81.6 Å². The van der Waals surface area contributed by atoms with Gasteiger partial charge in [-0.25, -0.2) is 14.4 Å². The third kappa shape index (κ3) is 3.00. The van der Waals surface area contributed by atoms with Crippen molar-refractivity contribution in [1.82, 2.24) is 9.97 Å². The number of benzene rings is 1. The largest absolute Gasteiger partial charge is 0.395 e. The van der Waals surface area contributed by atoms with Crippen LogP contribution in [0.2, 0.25) is 0 Å². The molecule has 0 bridgehead atoms. The van der Waals surface area contributed by atoms with Gasteiger partial charge in [0.05, 0.1) is 30.9 Å². The van der Waals surface area contributed by atoms with Gasteiger partial charge >= 0.3 is 0 Å². The minimum absolute atomic E-state index is 0.0510. The van der Waals surface area contributed by atoms with Gasteiger partial charge in [-0.15, -0.1) is 0 Å². The standard InChI is InChI=1S/C16H18FN5O2/c1-21-9-14(24)22(13-5-3-2-4-12(13)17)8-11-15(18-6-7-23)19-10-20-16(11)21/h2-5,10,23H,6-9H2,1H3,(H,18,19,20). The van der Waals surface area contributed by atoms with Crippen LogP contribution in [0.25, 0.3) is 0 Å². The van der Waals surface area contributed by atoms with Crippen molar-refractivity contribution >= 4 is 23.2 Å². The lowest BCUT2D eigenvalue weighted by Crippen LogP contribution is -2.36. The minimum atomic E-state index is -0.460. The summed E-state index contributed by atoms with van der Waals surface area (Å²) in [6, 6.07) is 6.17. The molecule has 126 valence electrons. The molecule has 1 aliphatic heterocycles. The number of aromatic nitrogens is 2. The molecule has 0 saturated heterocycles. The van der Waals surface area contributed by atoms with E-state index in [1.807, 2.05) is 0 Å². The smallest absolute Gasteiger partial charge is 0.246 e. The van der Waals surface area contributed by atoms with E-state index in [9.17, 15) is 9.18 Å². The number of aliphatic hydroxyl groups is 1.